The molecule has 1 aliphatic rings. The van der Waals surface area contributed by atoms with Crippen LogP contribution in [0.3, 0.4) is 0 Å². The molecule has 0 aliphatic carbocycles. The van der Waals surface area contributed by atoms with Crippen LogP contribution < -0.4 is 11.1 Å². The Morgan fingerprint density at radius 1 is 1.42 bits per heavy atom. The van der Waals surface area contributed by atoms with Crippen molar-refractivity contribution >= 4 is 11.9 Å². The van der Waals surface area contributed by atoms with Gasteiger partial charge in [-0.1, -0.05) is 0 Å². The van der Waals surface area contributed by atoms with Crippen molar-refractivity contribution in [1.29, 1.82) is 0 Å². The van der Waals surface area contributed by atoms with Crippen LogP contribution in [0.4, 0.5) is 0 Å². The van der Waals surface area contributed by atoms with Gasteiger partial charge in [-0.3, -0.25) is 9.59 Å². The lowest BCUT2D eigenvalue weighted by Crippen LogP contribution is -2.32. The Bertz CT molecular complexity index is 166. The van der Waals surface area contributed by atoms with Crippen molar-refractivity contribution in [2.75, 3.05) is 13.1 Å². The van der Waals surface area contributed by atoms with Crippen LogP contribution in [0.25, 0.3) is 0 Å². The molecule has 12 heavy (non-hydrogen) atoms. The summed E-state index contributed by atoms with van der Waals surface area (Å²) in [6.07, 6.45) is -0.532. The molecule has 70 valence electrons. The quantitative estimate of drug-likeness (QED) is 0.386. The largest absolute Gasteiger partial charge is 0.481 e. The number of nitrogens with two attached hydrogens (primary N) is 1. The van der Waals surface area contributed by atoms with Crippen molar-refractivity contribution in [3.63, 3.8) is 0 Å². The zero-order chi connectivity index (χ0) is 9.56. The third-order valence-electron chi connectivity index (χ3n) is 0.962. The molecule has 0 radical (unpaired) electrons. The van der Waals surface area contributed by atoms with Crippen LogP contribution in [0, 0.1) is 0 Å². The number of nitrogens with one attached hydrogen (secondary N) is 1. The van der Waals surface area contributed by atoms with Crippen molar-refractivity contribution in [3.8, 4) is 0 Å². The first-order chi connectivity index (χ1) is 5.54. The molecule has 1 fully saturated rings. The lowest BCUT2D eigenvalue weighted by atomic mass is 10.2. The summed E-state index contributed by atoms with van der Waals surface area (Å²) < 4.78 is 0. The summed E-state index contributed by atoms with van der Waals surface area (Å²) in [5.74, 6) is -2.50. The summed E-state index contributed by atoms with van der Waals surface area (Å²) in [6.45, 7) is 2.50. The van der Waals surface area contributed by atoms with Gasteiger partial charge in [0.25, 0.3) is 0 Å². The Morgan fingerprint density at radius 3 is 1.92 bits per heavy atom. The van der Waals surface area contributed by atoms with E-state index in [4.69, 9.17) is 15.9 Å². The highest BCUT2D eigenvalue weighted by Crippen LogP contribution is 1.86. The Morgan fingerprint density at radius 2 is 1.83 bits per heavy atom. The van der Waals surface area contributed by atoms with Gasteiger partial charge in [0.2, 0.25) is 0 Å². The summed E-state index contributed by atoms with van der Waals surface area (Å²) in [5.41, 5.74) is 4.84. The van der Waals surface area contributed by atoms with Gasteiger partial charge in [-0.25, -0.2) is 0 Å². The van der Waals surface area contributed by atoms with E-state index in [-0.39, 0.29) is 0 Å². The minimum absolute atomic E-state index is 0.532. The Kier molecular flexibility index (Phi) is 4.98. The van der Waals surface area contributed by atoms with E-state index in [2.05, 4.69) is 5.32 Å². The molecule has 0 bridgehead atoms. The van der Waals surface area contributed by atoms with Crippen LogP contribution in [0.15, 0.2) is 0 Å². The van der Waals surface area contributed by atoms with Gasteiger partial charge in [0, 0.05) is 13.1 Å². The fourth-order valence-electron chi connectivity index (χ4n) is 0.275. The number of hydrogen-bond donors (Lipinski definition) is 4. The highest BCUT2D eigenvalue weighted by molar-refractivity contribution is 5.80. The molecule has 1 saturated heterocycles. The second-order valence-electron chi connectivity index (χ2n) is 2.29. The van der Waals surface area contributed by atoms with Crippen molar-refractivity contribution in [2.24, 2.45) is 5.73 Å². The summed E-state index contributed by atoms with van der Waals surface area (Å²) in [4.78, 5) is 19.6. The molecule has 0 aromatic carbocycles. The van der Waals surface area contributed by atoms with Gasteiger partial charge < -0.3 is 21.3 Å². The van der Waals surface area contributed by atoms with Gasteiger partial charge in [0.15, 0.2) is 0 Å². The Hall–Kier alpha value is -1.14. The topological polar surface area (TPSA) is 123 Å². The predicted molar refractivity (Wildman–Crippen MR) is 40.7 cm³/mol. The van der Waals surface area contributed by atoms with Gasteiger partial charge >= 0.3 is 11.9 Å². The summed E-state index contributed by atoms with van der Waals surface area (Å²) in [7, 11) is 0. The zero-order valence-electron chi connectivity index (χ0n) is 6.49. The molecule has 1 aliphatic heterocycles. The Labute approximate surface area is 69.4 Å². The van der Waals surface area contributed by atoms with E-state index >= 15 is 0 Å². The van der Waals surface area contributed by atoms with Gasteiger partial charge in [0.1, 0.15) is 6.04 Å². The smallest absolute Gasteiger partial charge is 0.321 e. The highest BCUT2D eigenvalue weighted by Gasteiger charge is 2.14. The molecular weight excluding hydrogens is 164 g/mol. The van der Waals surface area contributed by atoms with Crippen LogP contribution in [0.1, 0.15) is 6.42 Å². The predicted octanol–water partition coefficient (Wildman–Crippen LogP) is -1.54. The van der Waals surface area contributed by atoms with Gasteiger partial charge in [-0.05, 0) is 0 Å². The number of hydrogen-bond acceptors (Lipinski definition) is 4. The Balaban J connectivity index is 0.000000330. The SMILES string of the molecule is C1CN1.NC(CC(=O)O)C(=O)O. The third kappa shape index (κ3) is 8.86. The van der Waals surface area contributed by atoms with Gasteiger partial charge in [0.05, 0.1) is 6.42 Å². The minimum atomic E-state index is -1.29. The van der Waals surface area contributed by atoms with Crippen molar-refractivity contribution < 1.29 is 19.8 Å². The summed E-state index contributed by atoms with van der Waals surface area (Å²) in [5, 5.41) is 19.0. The second kappa shape index (κ2) is 5.50. The monoisotopic (exact) mass is 176 g/mol. The summed E-state index contributed by atoms with van der Waals surface area (Å²) >= 11 is 0. The highest BCUT2D eigenvalue weighted by atomic mass is 16.4. The maximum Gasteiger partial charge on any atom is 0.321 e. The lowest BCUT2D eigenvalue weighted by Gasteiger charge is -1.99. The number of carboxylic acid groups (broad SMARTS) is 2. The van der Waals surface area contributed by atoms with Crippen LogP contribution in [-0.4, -0.2) is 41.3 Å². The van der Waals surface area contributed by atoms with E-state index in [1.165, 1.54) is 13.1 Å². The van der Waals surface area contributed by atoms with Crippen LogP contribution in [0.2, 0.25) is 0 Å². The molecule has 0 amide bonds. The average molecular weight is 176 g/mol. The minimum Gasteiger partial charge on any atom is -0.481 e. The van der Waals surface area contributed by atoms with E-state index < -0.39 is 24.4 Å². The van der Waals surface area contributed by atoms with Crippen molar-refractivity contribution in [3.05, 3.63) is 0 Å². The molecule has 1 atom stereocenters. The standard InChI is InChI=1S/C4H7NO4.C2H5N/c5-2(4(8)9)1-3(6)7;1-2-3-1/h2H,1,5H2,(H,6,7)(H,8,9);3H,1-2H2. The van der Waals surface area contributed by atoms with Gasteiger partial charge in [-0.2, -0.15) is 0 Å². The zero-order valence-corrected chi connectivity index (χ0v) is 6.49. The van der Waals surface area contributed by atoms with E-state index in [0.717, 1.165) is 0 Å². The lowest BCUT2D eigenvalue weighted by molar-refractivity contribution is -0.144. The van der Waals surface area contributed by atoms with Crippen molar-refractivity contribution in [2.45, 2.75) is 12.5 Å². The molecule has 0 spiro atoms. The molecule has 1 unspecified atom stereocenters. The van der Waals surface area contributed by atoms with Crippen molar-refractivity contribution in [1.82, 2.24) is 5.32 Å². The molecule has 1 heterocycles. The molecule has 0 aromatic heterocycles. The van der Waals surface area contributed by atoms with Gasteiger partial charge in [-0.15, -0.1) is 0 Å². The molecule has 6 nitrogen and oxygen atoms in total. The van der Waals surface area contributed by atoms with E-state index in [1.807, 2.05) is 0 Å². The van der Waals surface area contributed by atoms with Crippen LogP contribution in [-0.2, 0) is 9.59 Å². The van der Waals surface area contributed by atoms with E-state index in [0.29, 0.717) is 0 Å². The normalized spacial score (nSPS) is 15.4. The first-order valence-corrected chi connectivity index (χ1v) is 3.45. The first-order valence-electron chi connectivity index (χ1n) is 3.45. The molecule has 0 saturated carbocycles. The molecule has 0 aromatic rings. The number of aliphatic carboxylic acids is 2. The fraction of sp³-hybridized carbons (Fsp3) is 0.667. The fourth-order valence-corrected chi connectivity index (χ4v) is 0.275. The second-order valence-corrected chi connectivity index (χ2v) is 2.29. The van der Waals surface area contributed by atoms with Crippen LogP contribution in [0.5, 0.6) is 0 Å². The molecule has 5 N–H and O–H groups in total. The summed E-state index contributed by atoms with van der Waals surface area (Å²) in [6, 6.07) is -1.29. The number of carbonyl (C=O) groups is 2. The maximum atomic E-state index is 9.85. The molecule has 6 heteroatoms. The maximum absolute atomic E-state index is 9.85. The third-order valence-corrected chi connectivity index (χ3v) is 0.962. The number of rotatable bonds is 3. The number of carboxylic acids is 2. The van der Waals surface area contributed by atoms with Crippen LogP contribution >= 0.6 is 0 Å². The molecule has 1 rings (SSSR count). The average Bonchev–Trinajstić information content (AvgIpc) is 2.68. The first kappa shape index (κ1) is 10.9. The molecular formula is C6H12N2O4. The van der Waals surface area contributed by atoms with E-state index in [1.54, 1.807) is 0 Å². The van der Waals surface area contributed by atoms with E-state index in [9.17, 15) is 9.59 Å².